The summed E-state index contributed by atoms with van der Waals surface area (Å²) in [4.78, 5) is 49.7. The second kappa shape index (κ2) is 8.49. The van der Waals surface area contributed by atoms with Crippen molar-refractivity contribution in [1.29, 1.82) is 0 Å². The minimum atomic E-state index is -1.02. The van der Waals surface area contributed by atoms with Crippen molar-refractivity contribution < 1.29 is 52.7 Å². The molecule has 0 amide bonds. The number of ether oxygens (including phenoxy) is 6. The number of carboxylic acid groups (broad SMARTS) is 1. The van der Waals surface area contributed by atoms with Crippen molar-refractivity contribution in [2.24, 2.45) is 10.8 Å². The number of rotatable bonds is 1. The van der Waals surface area contributed by atoms with E-state index in [4.69, 9.17) is 28.4 Å². The fourth-order valence-electron chi connectivity index (χ4n) is 7.02. The van der Waals surface area contributed by atoms with Gasteiger partial charge in [-0.05, 0) is 25.8 Å². The maximum Gasteiger partial charge on any atom is 0.338 e. The third-order valence-corrected chi connectivity index (χ3v) is 9.53. The maximum absolute atomic E-state index is 13.1. The topological polar surface area (TPSA) is 150 Å². The summed E-state index contributed by atoms with van der Waals surface area (Å²) in [7, 11) is 0. The van der Waals surface area contributed by atoms with Crippen LogP contribution in [0.5, 0.6) is 0 Å². The van der Waals surface area contributed by atoms with Gasteiger partial charge in [-0.3, -0.25) is 0 Å². The highest BCUT2D eigenvalue weighted by Gasteiger charge is 2.83. The summed E-state index contributed by atoms with van der Waals surface area (Å²) in [5.74, 6) is -2.78. The van der Waals surface area contributed by atoms with Crippen LogP contribution in [-0.4, -0.2) is 84.4 Å². The van der Waals surface area contributed by atoms with E-state index in [1.807, 2.05) is 6.92 Å². The first-order valence-corrected chi connectivity index (χ1v) is 12.8. The molecule has 0 aromatic heterocycles. The third-order valence-electron chi connectivity index (χ3n) is 9.53. The monoisotopic (exact) mass is 530 g/mol. The molecule has 6 aliphatic rings. The van der Waals surface area contributed by atoms with Crippen LogP contribution in [0.1, 0.15) is 39.5 Å². The summed E-state index contributed by atoms with van der Waals surface area (Å²) in [6.07, 6.45) is 5.45. The lowest BCUT2D eigenvalue weighted by Crippen LogP contribution is -2.67. The molecular formula is C27H30O11. The Morgan fingerprint density at radius 3 is 2.45 bits per heavy atom. The van der Waals surface area contributed by atoms with Gasteiger partial charge in [0.25, 0.3) is 0 Å². The Morgan fingerprint density at radius 1 is 1.00 bits per heavy atom. The molecule has 11 nitrogen and oxygen atoms in total. The molecule has 0 aromatic rings. The molecule has 4 heterocycles. The highest BCUT2D eigenvalue weighted by Crippen LogP contribution is 2.72. The zero-order valence-corrected chi connectivity index (χ0v) is 21.2. The number of aliphatic carboxylic acids is 1. The fourth-order valence-corrected chi connectivity index (χ4v) is 7.02. The molecule has 2 bridgehead atoms. The predicted octanol–water partition coefficient (Wildman–Crippen LogP) is 1.40. The summed E-state index contributed by atoms with van der Waals surface area (Å²) in [5.41, 5.74) is -3.08. The first-order chi connectivity index (χ1) is 18.0. The van der Waals surface area contributed by atoms with Crippen LogP contribution >= 0.6 is 0 Å². The summed E-state index contributed by atoms with van der Waals surface area (Å²) in [6.45, 7) is 4.06. The Kier molecular flexibility index (Phi) is 5.65. The van der Waals surface area contributed by atoms with Crippen molar-refractivity contribution in [1.82, 2.24) is 0 Å². The van der Waals surface area contributed by atoms with Crippen LogP contribution in [0, 0.1) is 10.8 Å². The van der Waals surface area contributed by atoms with E-state index in [0.29, 0.717) is 25.9 Å². The first-order valence-electron chi connectivity index (χ1n) is 12.8. The van der Waals surface area contributed by atoms with Crippen molar-refractivity contribution >= 4 is 23.9 Å². The molecule has 4 aliphatic heterocycles. The quantitative estimate of drug-likeness (QED) is 0.298. The predicted molar refractivity (Wildman–Crippen MR) is 125 cm³/mol. The Labute approximate surface area is 218 Å². The van der Waals surface area contributed by atoms with Gasteiger partial charge in [-0.2, -0.15) is 0 Å². The van der Waals surface area contributed by atoms with Crippen LogP contribution in [0.3, 0.4) is 0 Å². The molecule has 2 aliphatic carbocycles. The molecule has 0 radical (unpaired) electrons. The summed E-state index contributed by atoms with van der Waals surface area (Å²) in [6, 6.07) is 0. The normalized spacial score (nSPS) is 47.6. The molecule has 4 fully saturated rings. The largest absolute Gasteiger partial charge is 0.478 e. The van der Waals surface area contributed by atoms with Gasteiger partial charge in [-0.1, -0.05) is 19.1 Å². The van der Waals surface area contributed by atoms with Gasteiger partial charge in [0.05, 0.1) is 30.8 Å². The van der Waals surface area contributed by atoms with Crippen LogP contribution in [0.15, 0.2) is 36.0 Å². The minimum absolute atomic E-state index is 0.0405. The Balaban J connectivity index is 1.38. The molecule has 0 aromatic carbocycles. The fraction of sp³-hybridized carbons (Fsp3) is 0.630. The van der Waals surface area contributed by atoms with Gasteiger partial charge in [-0.25, -0.2) is 19.2 Å². The van der Waals surface area contributed by atoms with E-state index >= 15 is 0 Å². The number of esters is 3. The van der Waals surface area contributed by atoms with Gasteiger partial charge in [0.15, 0.2) is 6.10 Å². The third kappa shape index (κ3) is 3.59. The Bertz CT molecular complexity index is 1180. The highest BCUT2D eigenvalue weighted by atomic mass is 16.7. The number of cyclic esters (lactones) is 2. The molecule has 11 heteroatoms. The molecule has 1 saturated carbocycles. The number of fused-ring (bicyclic) bond motifs is 1. The molecule has 204 valence electrons. The number of epoxide rings is 2. The van der Waals surface area contributed by atoms with E-state index in [1.54, 1.807) is 13.0 Å². The van der Waals surface area contributed by atoms with Crippen LogP contribution in [0.2, 0.25) is 0 Å². The molecule has 38 heavy (non-hydrogen) atoms. The molecule has 8 atom stereocenters. The van der Waals surface area contributed by atoms with E-state index < -0.39 is 70.3 Å². The average Bonchev–Trinajstić information content (AvgIpc) is 3.78. The number of carboxylic acids is 1. The SMILES string of the molecule is C[C@@]12[C@H]3C[C@@H](O[C@@H]4C=C(C(=O)O)CC[C@@]41COC(=O)[C@H]1O[C@@]1(C)CCOC(=O)/C=C\C=C/C(=O)O3)[C@@]21CO1. The number of hydrogen-bond donors (Lipinski definition) is 1. The van der Waals surface area contributed by atoms with Crippen LogP contribution in [-0.2, 0) is 47.6 Å². The van der Waals surface area contributed by atoms with Crippen molar-refractivity contribution in [2.75, 3.05) is 19.8 Å². The lowest BCUT2D eigenvalue weighted by atomic mass is 9.51. The highest BCUT2D eigenvalue weighted by molar-refractivity contribution is 5.87. The van der Waals surface area contributed by atoms with E-state index in [-0.39, 0.29) is 25.2 Å². The molecule has 6 rings (SSSR count). The Morgan fingerprint density at radius 2 is 1.74 bits per heavy atom. The lowest BCUT2D eigenvalue weighted by molar-refractivity contribution is -0.233. The smallest absolute Gasteiger partial charge is 0.338 e. The van der Waals surface area contributed by atoms with E-state index in [0.717, 1.165) is 0 Å². The van der Waals surface area contributed by atoms with Crippen LogP contribution in [0.4, 0.5) is 0 Å². The van der Waals surface area contributed by atoms with E-state index in [9.17, 15) is 24.3 Å². The van der Waals surface area contributed by atoms with Crippen molar-refractivity contribution in [3.8, 4) is 0 Å². The first kappa shape index (κ1) is 25.3. The zero-order valence-electron chi connectivity index (χ0n) is 21.2. The number of carbonyl (C=O) groups excluding carboxylic acids is 3. The second-order valence-corrected chi connectivity index (χ2v) is 11.3. The van der Waals surface area contributed by atoms with Crippen molar-refractivity contribution in [3.63, 3.8) is 0 Å². The number of allylic oxidation sites excluding steroid dienone is 2. The molecule has 1 N–H and O–H groups in total. The Hall–Kier alpha value is -3.02. The van der Waals surface area contributed by atoms with Gasteiger partial charge < -0.3 is 33.5 Å². The average molecular weight is 531 g/mol. The molecular weight excluding hydrogens is 500 g/mol. The lowest BCUT2D eigenvalue weighted by Gasteiger charge is -2.58. The second-order valence-electron chi connectivity index (χ2n) is 11.3. The summed E-state index contributed by atoms with van der Waals surface area (Å²) < 4.78 is 35.1. The number of carbonyl (C=O) groups is 4. The maximum atomic E-state index is 13.1. The van der Waals surface area contributed by atoms with Gasteiger partial charge >= 0.3 is 23.9 Å². The van der Waals surface area contributed by atoms with Crippen LogP contribution in [0.25, 0.3) is 0 Å². The number of hydrogen-bond acceptors (Lipinski definition) is 10. The van der Waals surface area contributed by atoms with Crippen LogP contribution < -0.4 is 0 Å². The molecule has 0 unspecified atom stereocenters. The van der Waals surface area contributed by atoms with Gasteiger partial charge in [-0.15, -0.1) is 0 Å². The van der Waals surface area contributed by atoms with E-state index in [2.05, 4.69) is 0 Å². The molecule has 2 spiro atoms. The summed E-state index contributed by atoms with van der Waals surface area (Å²) in [5, 5.41) is 9.68. The summed E-state index contributed by atoms with van der Waals surface area (Å²) >= 11 is 0. The van der Waals surface area contributed by atoms with Gasteiger partial charge in [0.1, 0.15) is 23.9 Å². The van der Waals surface area contributed by atoms with Gasteiger partial charge in [0, 0.05) is 36.0 Å². The van der Waals surface area contributed by atoms with Crippen molar-refractivity contribution in [3.05, 3.63) is 36.0 Å². The molecule has 3 saturated heterocycles. The zero-order chi connectivity index (χ0) is 26.9. The standard InChI is InChI=1S/C27H30O11/c1-24-9-10-33-19(28)5-3-4-6-20(29)37-16-12-18-27(14-35-27)25(16,2)26(13-34-23(32)21(24)38-24)8-7-15(22(30)31)11-17(26)36-18/h3-6,11,16-18,21H,7-10,12-14H2,1-2H3,(H,30,31)/b5-3-,6-4-/t16-,17-,18-,21-,24+,25-,26-,27+/m1/s1. The van der Waals surface area contributed by atoms with E-state index in [1.165, 1.54) is 24.3 Å². The van der Waals surface area contributed by atoms with Gasteiger partial charge in [0.2, 0.25) is 0 Å². The van der Waals surface area contributed by atoms with Crippen molar-refractivity contribution in [2.45, 2.75) is 75.1 Å². The minimum Gasteiger partial charge on any atom is -0.478 e.